The lowest BCUT2D eigenvalue weighted by Gasteiger charge is -2.14. The van der Waals surface area contributed by atoms with Crippen LogP contribution in [0, 0.1) is 5.82 Å². The molecule has 5 aromatic rings. The van der Waals surface area contributed by atoms with Gasteiger partial charge in [-0.05, 0) is 48.0 Å². The second-order valence-corrected chi connectivity index (χ2v) is 9.61. The fourth-order valence-electron chi connectivity index (χ4n) is 4.31. The summed E-state index contributed by atoms with van der Waals surface area (Å²) >= 11 is 12.3. The molecular formula is C29H16Cl2F4N2O4. The van der Waals surface area contributed by atoms with Gasteiger partial charge in [-0.3, -0.25) is 4.79 Å². The summed E-state index contributed by atoms with van der Waals surface area (Å²) in [6.45, 7) is -0.152. The van der Waals surface area contributed by atoms with Crippen LogP contribution < -0.4 is 4.74 Å². The van der Waals surface area contributed by atoms with E-state index in [2.05, 4.69) is 5.10 Å². The monoisotopic (exact) mass is 602 g/mol. The number of hydrogen-bond acceptors (Lipinski definition) is 4. The summed E-state index contributed by atoms with van der Waals surface area (Å²) in [6, 6.07) is 18.0. The van der Waals surface area contributed by atoms with E-state index in [0.717, 1.165) is 24.3 Å². The van der Waals surface area contributed by atoms with E-state index in [1.807, 2.05) is 0 Å². The van der Waals surface area contributed by atoms with Crippen molar-refractivity contribution in [1.82, 2.24) is 9.78 Å². The molecule has 1 aromatic heterocycles. The largest absolute Gasteiger partial charge is 0.485 e. The second kappa shape index (κ2) is 10.9. The van der Waals surface area contributed by atoms with Crippen molar-refractivity contribution in [3.8, 4) is 17.0 Å². The first-order valence-electron chi connectivity index (χ1n) is 11.8. The molecule has 0 aliphatic carbocycles. The predicted octanol–water partition coefficient (Wildman–Crippen LogP) is 8.13. The molecule has 0 atom stereocenters. The van der Waals surface area contributed by atoms with Crippen LogP contribution in [0.4, 0.5) is 17.6 Å². The number of fused-ring (bicyclic) bond motifs is 1. The van der Waals surface area contributed by atoms with Gasteiger partial charge in [0.25, 0.3) is 5.91 Å². The Hall–Kier alpha value is -4.41. The van der Waals surface area contributed by atoms with E-state index in [0.29, 0.717) is 10.2 Å². The quantitative estimate of drug-likeness (QED) is 0.198. The summed E-state index contributed by atoms with van der Waals surface area (Å²) in [5, 5.41) is 13.6. The average molecular weight is 603 g/mol. The number of ether oxygens (including phenoxy) is 1. The highest BCUT2D eigenvalue weighted by Crippen LogP contribution is 2.40. The lowest BCUT2D eigenvalue weighted by atomic mass is 10.0. The first kappa shape index (κ1) is 28.1. The molecule has 4 aromatic carbocycles. The number of nitrogens with zero attached hydrogens (tertiary/aromatic N) is 2. The SMILES string of the molecule is O=C(O)c1ccc(-c2nn(C(=O)c3c(Cl)cccc3C(F)(F)F)c3ccc(Cl)cc23)c(OCc2ccccc2)c1F. The predicted molar refractivity (Wildman–Crippen MR) is 144 cm³/mol. The summed E-state index contributed by atoms with van der Waals surface area (Å²) < 4.78 is 63.4. The molecule has 0 saturated carbocycles. The van der Waals surface area contributed by atoms with Crippen LogP contribution in [-0.2, 0) is 12.8 Å². The molecule has 208 valence electrons. The molecule has 0 amide bonds. The van der Waals surface area contributed by atoms with Gasteiger partial charge >= 0.3 is 12.1 Å². The number of carboxylic acids is 1. The summed E-state index contributed by atoms with van der Waals surface area (Å²) in [6.07, 6.45) is -4.90. The number of hydrogen-bond donors (Lipinski definition) is 1. The van der Waals surface area contributed by atoms with Crippen LogP contribution in [0.15, 0.2) is 78.9 Å². The van der Waals surface area contributed by atoms with E-state index < -0.39 is 51.3 Å². The van der Waals surface area contributed by atoms with Crippen molar-refractivity contribution in [3.05, 3.63) is 117 Å². The van der Waals surface area contributed by atoms with Crippen LogP contribution in [0.25, 0.3) is 22.2 Å². The van der Waals surface area contributed by atoms with Crippen molar-refractivity contribution in [2.45, 2.75) is 12.8 Å². The van der Waals surface area contributed by atoms with Crippen LogP contribution in [-0.4, -0.2) is 26.8 Å². The van der Waals surface area contributed by atoms with Gasteiger partial charge in [-0.1, -0.05) is 59.6 Å². The highest BCUT2D eigenvalue weighted by Gasteiger charge is 2.37. The van der Waals surface area contributed by atoms with Gasteiger partial charge in [-0.25, -0.2) is 9.18 Å². The van der Waals surface area contributed by atoms with Crippen LogP contribution in [0.2, 0.25) is 10.0 Å². The normalized spacial score (nSPS) is 11.6. The van der Waals surface area contributed by atoms with E-state index >= 15 is 4.39 Å². The Labute approximate surface area is 239 Å². The van der Waals surface area contributed by atoms with Gasteiger partial charge in [0.15, 0.2) is 11.6 Å². The maximum absolute atomic E-state index is 15.5. The van der Waals surface area contributed by atoms with E-state index in [4.69, 9.17) is 27.9 Å². The number of carboxylic acid groups (broad SMARTS) is 1. The summed E-state index contributed by atoms with van der Waals surface area (Å²) in [7, 11) is 0. The molecule has 6 nitrogen and oxygen atoms in total. The minimum absolute atomic E-state index is 0.0409. The average Bonchev–Trinajstić information content (AvgIpc) is 3.30. The summed E-state index contributed by atoms with van der Waals surface area (Å²) in [5.74, 6) is -4.43. The van der Waals surface area contributed by atoms with Crippen molar-refractivity contribution in [2.24, 2.45) is 0 Å². The van der Waals surface area contributed by atoms with E-state index in [-0.39, 0.29) is 33.8 Å². The summed E-state index contributed by atoms with van der Waals surface area (Å²) in [4.78, 5) is 25.3. The molecule has 5 rings (SSSR count). The van der Waals surface area contributed by atoms with E-state index in [9.17, 15) is 27.9 Å². The minimum Gasteiger partial charge on any atom is -0.485 e. The van der Waals surface area contributed by atoms with Gasteiger partial charge in [0.2, 0.25) is 0 Å². The van der Waals surface area contributed by atoms with Crippen LogP contribution in [0.5, 0.6) is 5.75 Å². The van der Waals surface area contributed by atoms with Crippen LogP contribution >= 0.6 is 23.2 Å². The Morgan fingerprint density at radius 2 is 1.68 bits per heavy atom. The third kappa shape index (κ3) is 5.36. The van der Waals surface area contributed by atoms with Gasteiger partial charge in [-0.2, -0.15) is 23.0 Å². The smallest absolute Gasteiger partial charge is 0.417 e. The summed E-state index contributed by atoms with van der Waals surface area (Å²) in [5.41, 5.74) is -2.24. The zero-order valence-corrected chi connectivity index (χ0v) is 22.1. The molecule has 12 heteroatoms. The Morgan fingerprint density at radius 3 is 2.37 bits per heavy atom. The Balaban J connectivity index is 1.73. The van der Waals surface area contributed by atoms with Gasteiger partial charge in [0, 0.05) is 16.0 Å². The van der Waals surface area contributed by atoms with Gasteiger partial charge in [-0.15, -0.1) is 0 Å². The van der Waals surface area contributed by atoms with Crippen molar-refractivity contribution in [2.75, 3.05) is 0 Å². The van der Waals surface area contributed by atoms with Gasteiger partial charge in [0.05, 0.1) is 27.2 Å². The molecule has 41 heavy (non-hydrogen) atoms. The Kier molecular flexibility index (Phi) is 7.46. The molecule has 0 bridgehead atoms. The van der Waals surface area contributed by atoms with E-state index in [1.165, 1.54) is 24.3 Å². The number of rotatable bonds is 6. The number of benzene rings is 4. The molecule has 0 aliphatic heterocycles. The standard InChI is InChI=1S/C29H16Cl2F4N2O4/c30-16-9-12-22-19(13-16)25(36-37(22)27(38)23-20(29(33,34)35)7-4-8-21(23)31)18-11-10-17(28(39)40)24(32)26(18)41-14-15-5-2-1-3-6-15/h1-13H,14H2,(H,39,40). The molecule has 0 spiro atoms. The van der Waals surface area contributed by atoms with Crippen molar-refractivity contribution < 1.29 is 37.0 Å². The molecular weight excluding hydrogens is 587 g/mol. The third-order valence-electron chi connectivity index (χ3n) is 6.18. The third-order valence-corrected chi connectivity index (χ3v) is 6.73. The molecule has 0 aliphatic rings. The zero-order chi connectivity index (χ0) is 29.5. The maximum Gasteiger partial charge on any atom is 0.417 e. The highest BCUT2D eigenvalue weighted by atomic mass is 35.5. The first-order chi connectivity index (χ1) is 19.5. The van der Waals surface area contributed by atoms with Gasteiger partial charge in [0.1, 0.15) is 12.3 Å². The fraction of sp³-hybridized carbons (Fsp3) is 0.0690. The van der Waals surface area contributed by atoms with E-state index in [1.54, 1.807) is 30.3 Å². The number of alkyl halides is 3. The Morgan fingerprint density at radius 1 is 0.951 bits per heavy atom. The lowest BCUT2D eigenvalue weighted by molar-refractivity contribution is -0.137. The topological polar surface area (TPSA) is 81.4 Å². The molecule has 0 radical (unpaired) electrons. The molecule has 0 saturated heterocycles. The number of aromatic nitrogens is 2. The number of aromatic carboxylic acids is 1. The number of carbonyl (C=O) groups is 2. The zero-order valence-electron chi connectivity index (χ0n) is 20.5. The molecule has 0 unspecified atom stereocenters. The second-order valence-electron chi connectivity index (χ2n) is 8.77. The molecule has 1 N–H and O–H groups in total. The number of carbonyl (C=O) groups excluding carboxylic acids is 1. The van der Waals surface area contributed by atoms with Crippen LogP contribution in [0.1, 0.15) is 31.8 Å². The minimum atomic E-state index is -4.90. The highest BCUT2D eigenvalue weighted by molar-refractivity contribution is 6.34. The van der Waals surface area contributed by atoms with Gasteiger partial charge < -0.3 is 9.84 Å². The lowest BCUT2D eigenvalue weighted by Crippen LogP contribution is -2.20. The van der Waals surface area contributed by atoms with Crippen molar-refractivity contribution >= 4 is 46.0 Å². The van der Waals surface area contributed by atoms with Crippen molar-refractivity contribution in [1.29, 1.82) is 0 Å². The fourth-order valence-corrected chi connectivity index (χ4v) is 4.73. The van der Waals surface area contributed by atoms with Crippen molar-refractivity contribution in [3.63, 3.8) is 0 Å². The molecule has 1 heterocycles. The Bertz CT molecular complexity index is 1820. The van der Waals surface area contributed by atoms with Crippen LogP contribution in [0.3, 0.4) is 0 Å². The molecule has 0 fully saturated rings. The maximum atomic E-state index is 15.5. The number of halogens is 6. The first-order valence-corrected chi connectivity index (χ1v) is 12.5.